The molecule has 1 aromatic carbocycles. The maximum absolute atomic E-state index is 12.3. The van der Waals surface area contributed by atoms with Crippen molar-refractivity contribution in [2.75, 3.05) is 54.4 Å². The van der Waals surface area contributed by atoms with E-state index in [2.05, 4.69) is 20.4 Å². The van der Waals surface area contributed by atoms with Gasteiger partial charge in [0.15, 0.2) is 0 Å². The summed E-state index contributed by atoms with van der Waals surface area (Å²) in [5.74, 6) is 0.159. The molecule has 0 spiro atoms. The minimum absolute atomic E-state index is 0. The summed E-state index contributed by atoms with van der Waals surface area (Å²) in [7, 11) is -1.72. The van der Waals surface area contributed by atoms with E-state index in [0.29, 0.717) is 13.1 Å². The predicted molar refractivity (Wildman–Crippen MR) is 111 cm³/mol. The van der Waals surface area contributed by atoms with Gasteiger partial charge in [-0.15, -0.1) is 20.5 Å². The van der Waals surface area contributed by atoms with Crippen molar-refractivity contribution in [3.63, 3.8) is 0 Å². The van der Waals surface area contributed by atoms with Gasteiger partial charge in [0.1, 0.15) is 0 Å². The third kappa shape index (κ3) is 65.8. The van der Waals surface area contributed by atoms with Crippen molar-refractivity contribution < 1.29 is 102 Å². The largest absolute Gasteiger partial charge is 2.00 e. The number of hydrogen-bond acceptors (Lipinski definition) is 16. The molecule has 0 saturated heterocycles. The molecule has 0 unspecified atom stereocenters. The Bertz CT molecular complexity index is 693. The van der Waals surface area contributed by atoms with E-state index in [9.17, 15) is 5.11 Å². The van der Waals surface area contributed by atoms with Gasteiger partial charge < -0.3 is 31.0 Å². The molecule has 16 nitrogen and oxygen atoms in total. The second-order valence-corrected chi connectivity index (χ2v) is 8.58. The third-order valence-corrected chi connectivity index (χ3v) is 3.28. The molecule has 2 radical (unpaired) electrons. The minimum Gasteiger partial charge on any atom is -0.872 e. The first-order chi connectivity index (χ1) is 16.8. The zero-order valence-electron chi connectivity index (χ0n) is 22.7. The number of likely N-dealkylation sites (N-methyl/N-ethyl adjacent to an activating group) is 2. The quantitative estimate of drug-likeness (QED) is 0.168. The molecule has 0 amide bonds. The molecule has 40 heavy (non-hydrogen) atoms. The molecule has 3 N–H and O–H groups in total. The molecule has 1 aromatic rings. The Morgan fingerprint density at radius 2 is 0.925 bits per heavy atom. The van der Waals surface area contributed by atoms with Gasteiger partial charge in [-0.1, -0.05) is 23.9 Å². The summed E-state index contributed by atoms with van der Waals surface area (Å²) in [6.07, 6.45) is 0. The third-order valence-electron chi connectivity index (χ3n) is 3.28. The first kappa shape index (κ1) is 55.1. The Hall–Kier alpha value is -0.901. The van der Waals surface area contributed by atoms with Gasteiger partial charge in [-0.2, -0.15) is 10.5 Å². The maximum Gasteiger partial charge on any atom is 2.00 e. The first-order valence-corrected chi connectivity index (χ1v) is 12.6. The van der Waals surface area contributed by atoms with Crippen molar-refractivity contribution in [3.8, 4) is 17.9 Å². The van der Waals surface area contributed by atoms with E-state index in [1.165, 1.54) is 13.8 Å². The fourth-order valence-electron chi connectivity index (χ4n) is 1.97. The fourth-order valence-corrected chi connectivity index (χ4v) is 1.97. The zero-order chi connectivity index (χ0) is 30.1. The Kier molecular flexibility index (Phi) is 47.2. The van der Waals surface area contributed by atoms with Crippen LogP contribution < -0.4 is 53.0 Å². The van der Waals surface area contributed by atoms with Gasteiger partial charge in [-0.3, -0.25) is 0 Å². The van der Waals surface area contributed by atoms with Gasteiger partial charge in [0.25, 0.3) is 0 Å². The van der Waals surface area contributed by atoms with Gasteiger partial charge in [-0.05, 0) is 39.3 Å². The number of nitrogens with zero attached hydrogens (tertiary/aromatic N) is 4. The molecule has 0 aliphatic carbocycles. The van der Waals surface area contributed by atoms with Gasteiger partial charge in [-0.25, -0.2) is 37.3 Å². The number of nitriles is 2. The second kappa shape index (κ2) is 34.3. The topological polar surface area (TPSA) is 316 Å². The van der Waals surface area contributed by atoms with E-state index in [1.807, 2.05) is 46.4 Å². The number of hydrogen-bond donors (Lipinski definition) is 2. The first-order valence-electron chi connectivity index (χ1n) is 10.2. The summed E-state index contributed by atoms with van der Waals surface area (Å²) < 4.78 is 67.9. The van der Waals surface area contributed by atoms with E-state index in [1.54, 1.807) is 12.1 Å². The van der Waals surface area contributed by atoms with Crippen LogP contribution in [0.1, 0.15) is 25.0 Å². The maximum atomic E-state index is 12.3. The predicted octanol–water partition coefficient (Wildman–Crippen LogP) is -8.57. The van der Waals surface area contributed by atoms with E-state index < -0.39 is 20.5 Å². The Morgan fingerprint density at radius 1 is 0.700 bits per heavy atom. The summed E-state index contributed by atoms with van der Waals surface area (Å²) in [6, 6.07) is 9.29. The van der Waals surface area contributed by atoms with Crippen molar-refractivity contribution in [2.24, 2.45) is 0 Å². The molecule has 0 saturated carbocycles. The molecular weight excluding hydrogens is 682 g/mol. The molecule has 242 valence electrons. The van der Waals surface area contributed by atoms with Crippen molar-refractivity contribution in [1.29, 1.82) is 10.5 Å². The van der Waals surface area contributed by atoms with Crippen molar-refractivity contribution >= 4 is 0 Å². The van der Waals surface area contributed by atoms with Crippen LogP contribution in [0.3, 0.4) is 0 Å². The Labute approximate surface area is 261 Å². The van der Waals surface area contributed by atoms with Crippen molar-refractivity contribution in [1.82, 2.24) is 20.4 Å². The van der Waals surface area contributed by atoms with E-state index in [4.69, 9.17) is 47.8 Å². The summed E-state index contributed by atoms with van der Waals surface area (Å²) in [6.45, 7) is 7.85. The molecule has 0 aromatic heterocycles. The summed E-state index contributed by atoms with van der Waals surface area (Å²) in [4.78, 5) is 4.24. The van der Waals surface area contributed by atoms with Crippen LogP contribution in [0.2, 0.25) is 0 Å². The van der Waals surface area contributed by atoms with Crippen LogP contribution in [0.4, 0.5) is 0 Å². The molecule has 1 rings (SSSR count). The average molecular weight is 719 g/mol. The number of rotatable bonds is 10. The van der Waals surface area contributed by atoms with Crippen LogP contribution in [0, 0.1) is 43.1 Å². The molecule has 0 bridgehead atoms. The SMILES string of the molecule is CC#N.CC#N.CN(C)CCNCc1cccc(CNCCN(C)C)c1[O-].[Cu+2].[Cu+2].[O-][Cl+3]([O-])([O-])[O-].[O-][Cl+3]([O-])([O-])[O-].[OH-]. The van der Waals surface area contributed by atoms with Gasteiger partial charge in [0.05, 0.1) is 12.1 Å². The molecule has 0 fully saturated rings. The monoisotopic (exact) mass is 716 g/mol. The van der Waals surface area contributed by atoms with Gasteiger partial charge in [0, 0.05) is 53.1 Å². The standard InChI is InChI=1S/C16H30N4O.2C2H3N.2ClHO4.2Cu.H2O/c1-19(2)10-8-17-12-14-6-5-7-15(16(14)21)13-18-9-11-20(3)4;2*1-2-3;2*2-1(3,4)5;;;/h5-7,17-18,21H,8-13H2,1-4H3;2*1H3;2*(H,2,3,4,5);;;1H2/q;;;;;2*+2;/p-4. The molecule has 0 heterocycles. The average Bonchev–Trinajstić information content (AvgIpc) is 2.69. The fraction of sp³-hybridized carbons (Fsp3) is 0.600. The minimum atomic E-state index is -4.94. The zero-order valence-corrected chi connectivity index (χ0v) is 26.1. The van der Waals surface area contributed by atoms with E-state index >= 15 is 0 Å². The van der Waals surface area contributed by atoms with Crippen molar-refractivity contribution in [3.05, 3.63) is 29.3 Å². The summed E-state index contributed by atoms with van der Waals surface area (Å²) >= 11 is 0. The number of nitrogens with one attached hydrogen (secondary N) is 2. The van der Waals surface area contributed by atoms with Crippen LogP contribution in [0.25, 0.3) is 0 Å². The molecule has 0 aliphatic heterocycles. The van der Waals surface area contributed by atoms with E-state index in [-0.39, 0.29) is 45.4 Å². The summed E-state index contributed by atoms with van der Waals surface area (Å²) in [5, 5.41) is 33.6. The van der Waals surface area contributed by atoms with Crippen LogP contribution >= 0.6 is 0 Å². The van der Waals surface area contributed by atoms with Crippen molar-refractivity contribution in [2.45, 2.75) is 26.9 Å². The van der Waals surface area contributed by atoms with Crippen LogP contribution in [-0.4, -0.2) is 69.6 Å². The molecular formula is C20H36Cl2Cu2N6O10. The van der Waals surface area contributed by atoms with Crippen LogP contribution in [-0.2, 0) is 47.2 Å². The molecule has 0 atom stereocenters. The Morgan fingerprint density at radius 3 is 1.12 bits per heavy atom. The number of halogens is 2. The van der Waals surface area contributed by atoms with Gasteiger partial charge in [0.2, 0.25) is 0 Å². The van der Waals surface area contributed by atoms with E-state index in [0.717, 1.165) is 37.3 Å². The summed E-state index contributed by atoms with van der Waals surface area (Å²) in [5.41, 5.74) is 1.70. The second-order valence-electron chi connectivity index (χ2n) is 7.07. The smallest absolute Gasteiger partial charge is 0.872 e. The number of benzene rings is 1. The van der Waals surface area contributed by atoms with Crippen LogP contribution in [0.15, 0.2) is 18.2 Å². The van der Waals surface area contributed by atoms with Gasteiger partial charge >= 0.3 is 34.1 Å². The Balaban J connectivity index is -0.0000000952. The molecule has 0 aliphatic rings. The normalized spacial score (nSPS) is 9.45. The van der Waals surface area contributed by atoms with Crippen LogP contribution in [0.5, 0.6) is 5.75 Å². The number of para-hydroxylation sites is 1. The molecule has 20 heteroatoms.